The minimum Gasteiger partial charge on any atom is -0.271 e. The van der Waals surface area contributed by atoms with Gasteiger partial charge in [0.2, 0.25) is 0 Å². The molecule has 7 nitrogen and oxygen atoms in total. The van der Waals surface area contributed by atoms with Crippen LogP contribution in [0.3, 0.4) is 0 Å². The van der Waals surface area contributed by atoms with Gasteiger partial charge in [0.15, 0.2) is 0 Å². The lowest BCUT2D eigenvalue weighted by Gasteiger charge is -2.23. The lowest BCUT2D eigenvalue weighted by atomic mass is 9.95. The van der Waals surface area contributed by atoms with Gasteiger partial charge in [-0.05, 0) is 49.6 Å². The highest BCUT2D eigenvalue weighted by Crippen LogP contribution is 2.34. The van der Waals surface area contributed by atoms with Crippen molar-refractivity contribution >= 4 is 62.0 Å². The molecule has 0 fully saturated rings. The number of carbonyl (C=O) groups is 3. The number of amides is 3. The van der Waals surface area contributed by atoms with Crippen molar-refractivity contribution in [2.24, 2.45) is 16.1 Å². The lowest BCUT2D eigenvalue weighted by Crippen LogP contribution is -2.37. The first-order valence-corrected chi connectivity index (χ1v) is 10.8. The summed E-state index contributed by atoms with van der Waals surface area (Å²) in [5.74, 6) is -2.12. The number of nitrogens with zero attached hydrogens (tertiary/aromatic N) is 4. The highest BCUT2D eigenvalue weighted by Gasteiger charge is 2.36. The van der Waals surface area contributed by atoms with Gasteiger partial charge >= 0.3 is 0 Å². The molecule has 0 N–H and O–H groups in total. The number of rotatable bonds is 3. The van der Waals surface area contributed by atoms with Crippen LogP contribution in [-0.4, -0.2) is 34.7 Å². The summed E-state index contributed by atoms with van der Waals surface area (Å²) in [5, 5.41) is 12.0. The second-order valence-corrected chi connectivity index (χ2v) is 8.57. The van der Waals surface area contributed by atoms with Crippen LogP contribution in [0.4, 0.5) is 5.69 Å². The molecule has 0 aliphatic carbocycles. The van der Waals surface area contributed by atoms with Crippen LogP contribution in [-0.2, 0) is 4.79 Å². The molecule has 0 radical (unpaired) electrons. The van der Waals surface area contributed by atoms with E-state index in [0.717, 1.165) is 20.4 Å². The maximum absolute atomic E-state index is 13.1. The van der Waals surface area contributed by atoms with Crippen LogP contribution < -0.4 is 5.01 Å². The molecule has 0 spiro atoms. The first-order chi connectivity index (χ1) is 15.4. The third-order valence-corrected chi connectivity index (χ3v) is 6.32. The largest absolute Gasteiger partial charge is 0.282 e. The predicted octanol–water partition coefficient (Wildman–Crippen LogP) is 4.53. The molecule has 5 rings (SSSR count). The Kier molecular flexibility index (Phi) is 4.74. The first kappa shape index (κ1) is 20.3. The zero-order valence-corrected chi connectivity index (χ0v) is 18.8. The molecular formula is C24H17BrN4O3. The molecule has 8 heteroatoms. The number of hydrazone groups is 2. The van der Waals surface area contributed by atoms with Gasteiger partial charge in [-0.2, -0.15) is 20.2 Å². The van der Waals surface area contributed by atoms with Gasteiger partial charge in [-0.3, -0.25) is 14.4 Å². The van der Waals surface area contributed by atoms with Crippen molar-refractivity contribution in [2.75, 3.05) is 5.01 Å². The van der Waals surface area contributed by atoms with Gasteiger partial charge < -0.3 is 0 Å². The van der Waals surface area contributed by atoms with Gasteiger partial charge in [0, 0.05) is 16.1 Å². The Bertz CT molecular complexity index is 1360. The van der Waals surface area contributed by atoms with Crippen molar-refractivity contribution in [3.8, 4) is 0 Å². The summed E-state index contributed by atoms with van der Waals surface area (Å²) in [7, 11) is 0. The monoisotopic (exact) mass is 488 g/mol. The Hall–Kier alpha value is -3.65. The lowest BCUT2D eigenvalue weighted by molar-refractivity contribution is -0.118. The van der Waals surface area contributed by atoms with E-state index in [2.05, 4.69) is 26.1 Å². The zero-order valence-electron chi connectivity index (χ0n) is 17.2. The summed E-state index contributed by atoms with van der Waals surface area (Å²) in [4.78, 5) is 39.1. The van der Waals surface area contributed by atoms with Crippen molar-refractivity contribution < 1.29 is 14.4 Å². The van der Waals surface area contributed by atoms with Crippen LogP contribution in [0, 0.1) is 12.8 Å². The highest BCUT2D eigenvalue weighted by molar-refractivity contribution is 9.10. The van der Waals surface area contributed by atoms with Crippen LogP contribution in [0.25, 0.3) is 10.8 Å². The summed E-state index contributed by atoms with van der Waals surface area (Å²) >= 11 is 3.47. The number of hydrogen-bond donors (Lipinski definition) is 0. The molecule has 158 valence electrons. The molecule has 3 aromatic rings. The molecule has 2 aliphatic rings. The predicted molar refractivity (Wildman–Crippen MR) is 126 cm³/mol. The fourth-order valence-corrected chi connectivity index (χ4v) is 4.37. The van der Waals surface area contributed by atoms with Crippen molar-refractivity contribution in [2.45, 2.75) is 13.8 Å². The molecule has 2 heterocycles. The van der Waals surface area contributed by atoms with E-state index in [4.69, 9.17) is 0 Å². The Labute approximate surface area is 192 Å². The zero-order chi connectivity index (χ0) is 22.6. The summed E-state index contributed by atoms with van der Waals surface area (Å²) in [5.41, 5.74) is 3.03. The first-order valence-electron chi connectivity index (χ1n) is 9.96. The molecule has 3 amide bonds. The standard InChI is InChI=1S/C24H17BrN4O3/c1-13-6-8-15(9-7-13)28-24(32)19(14(2)27-28)12-26-29-22(30)17-5-3-4-16-20(25)11-10-18(21(16)17)23(29)31/h3-12,19H,1-2H3. The molecule has 1 unspecified atom stereocenters. The quantitative estimate of drug-likeness (QED) is 0.401. The Morgan fingerprint density at radius 2 is 1.62 bits per heavy atom. The second kappa shape index (κ2) is 7.49. The molecule has 1 atom stereocenters. The Morgan fingerprint density at radius 1 is 0.938 bits per heavy atom. The summed E-state index contributed by atoms with van der Waals surface area (Å²) in [6, 6.07) is 16.2. The summed E-state index contributed by atoms with van der Waals surface area (Å²) in [6.45, 7) is 3.68. The van der Waals surface area contributed by atoms with Gasteiger partial charge in [0.25, 0.3) is 17.7 Å². The smallest absolute Gasteiger partial charge is 0.271 e. The van der Waals surface area contributed by atoms with Gasteiger partial charge in [-0.1, -0.05) is 45.8 Å². The molecule has 3 aromatic carbocycles. The molecule has 2 aliphatic heterocycles. The van der Waals surface area contributed by atoms with Crippen LogP contribution in [0.2, 0.25) is 0 Å². The fourth-order valence-electron chi connectivity index (χ4n) is 3.91. The van der Waals surface area contributed by atoms with Crippen molar-refractivity contribution in [1.29, 1.82) is 0 Å². The number of benzene rings is 3. The number of imide groups is 1. The van der Waals surface area contributed by atoms with Crippen molar-refractivity contribution in [3.63, 3.8) is 0 Å². The summed E-state index contributed by atoms with van der Waals surface area (Å²) < 4.78 is 0.801. The van der Waals surface area contributed by atoms with Crippen molar-refractivity contribution in [3.05, 3.63) is 75.8 Å². The van der Waals surface area contributed by atoms with E-state index < -0.39 is 17.7 Å². The fraction of sp³-hybridized carbons (Fsp3) is 0.125. The Balaban J connectivity index is 1.46. The molecule has 0 saturated carbocycles. The minimum absolute atomic E-state index is 0.293. The Morgan fingerprint density at radius 3 is 2.34 bits per heavy atom. The van der Waals surface area contributed by atoms with E-state index in [1.165, 1.54) is 11.2 Å². The van der Waals surface area contributed by atoms with Crippen LogP contribution in [0.5, 0.6) is 0 Å². The van der Waals surface area contributed by atoms with Crippen LogP contribution >= 0.6 is 15.9 Å². The maximum atomic E-state index is 13.1. The van der Waals surface area contributed by atoms with E-state index in [-0.39, 0.29) is 5.91 Å². The van der Waals surface area contributed by atoms with Gasteiger partial charge in [0.05, 0.1) is 22.5 Å². The van der Waals surface area contributed by atoms with E-state index in [0.29, 0.717) is 27.9 Å². The summed E-state index contributed by atoms with van der Waals surface area (Å²) in [6.07, 6.45) is 1.31. The van der Waals surface area contributed by atoms with E-state index in [1.807, 2.05) is 37.3 Å². The molecular weight excluding hydrogens is 472 g/mol. The number of halogens is 1. The third-order valence-electron chi connectivity index (χ3n) is 5.63. The number of hydrogen-bond acceptors (Lipinski definition) is 5. The van der Waals surface area contributed by atoms with E-state index >= 15 is 0 Å². The molecule has 0 aromatic heterocycles. The third kappa shape index (κ3) is 3.06. The number of carbonyl (C=O) groups excluding carboxylic acids is 3. The van der Waals surface area contributed by atoms with E-state index in [1.54, 1.807) is 31.2 Å². The molecule has 32 heavy (non-hydrogen) atoms. The second-order valence-electron chi connectivity index (χ2n) is 7.71. The minimum atomic E-state index is -0.765. The van der Waals surface area contributed by atoms with Gasteiger partial charge in [-0.25, -0.2) is 0 Å². The maximum Gasteiger partial charge on any atom is 0.282 e. The average molecular weight is 489 g/mol. The SMILES string of the molecule is CC1=NN(c2ccc(C)cc2)C(=O)C1C=NN1C(=O)c2cccc3c(Br)ccc(c23)C1=O. The molecule has 0 bridgehead atoms. The number of anilines is 1. The van der Waals surface area contributed by atoms with Crippen LogP contribution in [0.15, 0.2) is 69.3 Å². The van der Waals surface area contributed by atoms with Crippen molar-refractivity contribution in [1.82, 2.24) is 5.01 Å². The van der Waals surface area contributed by atoms with E-state index in [9.17, 15) is 14.4 Å². The van der Waals surface area contributed by atoms with Gasteiger partial charge in [-0.15, -0.1) is 0 Å². The molecule has 0 saturated heterocycles. The highest BCUT2D eigenvalue weighted by atomic mass is 79.9. The number of aryl methyl sites for hydroxylation is 1. The van der Waals surface area contributed by atoms with Crippen LogP contribution in [0.1, 0.15) is 33.2 Å². The average Bonchev–Trinajstić information content (AvgIpc) is 3.07. The topological polar surface area (TPSA) is 82.4 Å². The normalized spacial score (nSPS) is 18.3. The van der Waals surface area contributed by atoms with Gasteiger partial charge in [0.1, 0.15) is 5.92 Å².